The first kappa shape index (κ1) is 27.4. The molecule has 0 saturated heterocycles. The van der Waals surface area contributed by atoms with Crippen LogP contribution < -0.4 is 15.1 Å². The number of aromatic nitrogens is 6. The fourth-order valence-electron chi connectivity index (χ4n) is 5.18. The molecule has 0 bridgehead atoms. The summed E-state index contributed by atoms with van der Waals surface area (Å²) < 4.78 is 10.2. The Morgan fingerprint density at radius 3 is 2.71 bits per heavy atom. The van der Waals surface area contributed by atoms with Gasteiger partial charge in [-0.3, -0.25) is 13.9 Å². The molecule has 0 spiro atoms. The van der Waals surface area contributed by atoms with Crippen LogP contribution >= 0.6 is 11.3 Å². The SMILES string of the molecule is CCCCCCn1cc(-c2sc3c(OC)c(Cc4cccc5ccccc45)cc(=O)n3c2C(=O)On2ccnc2)nn1. The molecule has 0 amide bonds. The molecule has 42 heavy (non-hydrogen) atoms. The van der Waals surface area contributed by atoms with Gasteiger partial charge in [-0.2, -0.15) is 4.73 Å². The molecule has 0 atom stereocenters. The Morgan fingerprint density at radius 1 is 1.05 bits per heavy atom. The van der Waals surface area contributed by atoms with E-state index in [4.69, 9.17) is 9.57 Å². The number of benzene rings is 2. The van der Waals surface area contributed by atoms with Crippen LogP contribution in [0.4, 0.5) is 0 Å². The Kier molecular flexibility index (Phi) is 7.83. The van der Waals surface area contributed by atoms with Gasteiger partial charge < -0.3 is 9.57 Å². The number of carbonyl (C=O) groups excluding carboxylic acids is 1. The van der Waals surface area contributed by atoms with Crippen molar-refractivity contribution in [1.29, 1.82) is 0 Å². The normalized spacial score (nSPS) is 11.4. The maximum atomic E-state index is 13.7. The number of hydrogen-bond donors (Lipinski definition) is 0. The minimum absolute atomic E-state index is 0.0572. The molecule has 2 aromatic carbocycles. The van der Waals surface area contributed by atoms with Crippen molar-refractivity contribution in [3.63, 3.8) is 0 Å². The molecule has 0 aliphatic rings. The molecule has 4 heterocycles. The second kappa shape index (κ2) is 12.0. The van der Waals surface area contributed by atoms with Crippen molar-refractivity contribution < 1.29 is 14.4 Å². The third kappa shape index (κ3) is 5.30. The largest absolute Gasteiger partial charge is 0.493 e. The number of hydrogen-bond acceptors (Lipinski definition) is 8. The van der Waals surface area contributed by atoms with Gasteiger partial charge in [-0.05, 0) is 22.8 Å². The first-order valence-corrected chi connectivity index (χ1v) is 14.7. The number of methoxy groups -OCH3 is 1. The Morgan fingerprint density at radius 2 is 1.90 bits per heavy atom. The highest BCUT2D eigenvalue weighted by Gasteiger charge is 2.28. The van der Waals surface area contributed by atoms with Crippen LogP contribution in [0, 0.1) is 0 Å². The Labute approximate surface area is 245 Å². The van der Waals surface area contributed by atoms with Gasteiger partial charge in [-0.15, -0.1) is 16.4 Å². The molecule has 6 rings (SSSR count). The molecule has 10 nitrogen and oxygen atoms in total. The topological polar surface area (TPSA) is 106 Å². The molecular formula is C31H30N6O4S. The number of carbonyl (C=O) groups is 1. The van der Waals surface area contributed by atoms with Gasteiger partial charge in [0.25, 0.3) is 5.56 Å². The van der Waals surface area contributed by atoms with Crippen molar-refractivity contribution in [3.8, 4) is 16.3 Å². The van der Waals surface area contributed by atoms with Crippen LogP contribution in [0.5, 0.6) is 5.75 Å². The number of aryl methyl sites for hydroxylation is 1. The second-order valence-corrected chi connectivity index (χ2v) is 11.0. The highest BCUT2D eigenvalue weighted by Crippen LogP contribution is 2.38. The van der Waals surface area contributed by atoms with Crippen LogP contribution in [-0.2, 0) is 13.0 Å². The van der Waals surface area contributed by atoms with Crippen LogP contribution in [0.2, 0.25) is 0 Å². The maximum absolute atomic E-state index is 13.7. The molecule has 0 aliphatic carbocycles. The number of fused-ring (bicyclic) bond motifs is 2. The van der Waals surface area contributed by atoms with Crippen LogP contribution in [-0.4, -0.2) is 42.2 Å². The van der Waals surface area contributed by atoms with E-state index in [1.54, 1.807) is 18.0 Å². The fourth-order valence-corrected chi connectivity index (χ4v) is 6.42. The lowest BCUT2D eigenvalue weighted by Gasteiger charge is -2.12. The summed E-state index contributed by atoms with van der Waals surface area (Å²) in [5.74, 6) is -0.208. The quantitative estimate of drug-likeness (QED) is 0.188. The number of ether oxygens (including phenoxy) is 1. The zero-order valence-electron chi connectivity index (χ0n) is 23.4. The number of pyridine rings is 1. The predicted octanol–water partition coefficient (Wildman–Crippen LogP) is 5.42. The van der Waals surface area contributed by atoms with Gasteiger partial charge in [0.2, 0.25) is 0 Å². The van der Waals surface area contributed by atoms with Gasteiger partial charge in [0.1, 0.15) is 16.9 Å². The Hall–Kier alpha value is -4.77. The van der Waals surface area contributed by atoms with Crippen LogP contribution in [0.1, 0.15) is 54.2 Å². The maximum Gasteiger partial charge on any atom is 0.381 e. The highest BCUT2D eigenvalue weighted by atomic mass is 32.1. The van der Waals surface area contributed by atoms with E-state index in [0.717, 1.165) is 47.6 Å². The molecule has 0 N–H and O–H groups in total. The minimum atomic E-state index is -0.724. The summed E-state index contributed by atoms with van der Waals surface area (Å²) in [5.41, 5.74) is 1.96. The van der Waals surface area contributed by atoms with E-state index in [1.165, 1.54) is 45.3 Å². The zero-order chi connectivity index (χ0) is 29.1. The lowest BCUT2D eigenvalue weighted by Crippen LogP contribution is -2.25. The molecule has 0 radical (unpaired) electrons. The van der Waals surface area contributed by atoms with Crippen molar-refractivity contribution in [1.82, 2.24) is 29.1 Å². The highest BCUT2D eigenvalue weighted by molar-refractivity contribution is 7.21. The summed E-state index contributed by atoms with van der Waals surface area (Å²) in [6, 6.07) is 15.8. The number of thiazole rings is 1. The average molecular weight is 583 g/mol. The van der Waals surface area contributed by atoms with Gasteiger partial charge in [0.05, 0.1) is 24.4 Å². The molecule has 0 unspecified atom stereocenters. The molecule has 11 heteroatoms. The van der Waals surface area contributed by atoms with Crippen molar-refractivity contribution >= 4 is 32.9 Å². The molecule has 6 aromatic rings. The lowest BCUT2D eigenvalue weighted by molar-refractivity contribution is 0.0453. The molecule has 0 aliphatic heterocycles. The molecular weight excluding hydrogens is 552 g/mol. The summed E-state index contributed by atoms with van der Waals surface area (Å²) in [7, 11) is 1.57. The molecule has 0 fully saturated rings. The second-order valence-electron chi connectivity index (χ2n) is 10.0. The van der Waals surface area contributed by atoms with E-state index in [9.17, 15) is 9.59 Å². The van der Waals surface area contributed by atoms with E-state index >= 15 is 0 Å². The van der Waals surface area contributed by atoms with E-state index in [2.05, 4.69) is 46.5 Å². The van der Waals surface area contributed by atoms with Gasteiger partial charge in [0.15, 0.2) is 11.4 Å². The summed E-state index contributed by atoms with van der Waals surface area (Å²) in [6.07, 6.45) is 11.0. The van der Waals surface area contributed by atoms with E-state index in [-0.39, 0.29) is 11.3 Å². The summed E-state index contributed by atoms with van der Waals surface area (Å²) in [6.45, 7) is 2.88. The van der Waals surface area contributed by atoms with Crippen LogP contribution in [0.15, 0.2) is 78.2 Å². The van der Waals surface area contributed by atoms with Crippen molar-refractivity contribution in [2.24, 2.45) is 0 Å². The monoisotopic (exact) mass is 582 g/mol. The first-order chi connectivity index (χ1) is 20.6. The van der Waals surface area contributed by atoms with Crippen molar-refractivity contribution in [3.05, 3.63) is 101 Å². The van der Waals surface area contributed by atoms with Crippen LogP contribution in [0.25, 0.3) is 26.2 Å². The van der Waals surface area contributed by atoms with Crippen molar-refractivity contribution in [2.75, 3.05) is 7.11 Å². The lowest BCUT2D eigenvalue weighted by atomic mass is 9.98. The smallest absolute Gasteiger partial charge is 0.381 e. The molecule has 0 saturated carbocycles. The van der Waals surface area contributed by atoms with Gasteiger partial charge in [-0.1, -0.05) is 73.9 Å². The molecule has 214 valence electrons. The Balaban J connectivity index is 1.47. The minimum Gasteiger partial charge on any atom is -0.493 e. The third-order valence-corrected chi connectivity index (χ3v) is 8.35. The van der Waals surface area contributed by atoms with E-state index in [0.29, 0.717) is 34.1 Å². The summed E-state index contributed by atoms with van der Waals surface area (Å²) in [5, 5.41) is 10.9. The first-order valence-electron chi connectivity index (χ1n) is 13.9. The summed E-state index contributed by atoms with van der Waals surface area (Å²) >= 11 is 1.25. The van der Waals surface area contributed by atoms with Gasteiger partial charge >= 0.3 is 5.97 Å². The van der Waals surface area contributed by atoms with Crippen molar-refractivity contribution in [2.45, 2.75) is 45.6 Å². The number of imidazole rings is 1. The van der Waals surface area contributed by atoms with E-state index in [1.807, 2.05) is 18.2 Å². The zero-order valence-corrected chi connectivity index (χ0v) is 24.2. The average Bonchev–Trinajstić information content (AvgIpc) is 3.76. The number of nitrogens with zero attached hydrogens (tertiary/aromatic N) is 6. The number of rotatable bonds is 11. The van der Waals surface area contributed by atoms with Crippen LogP contribution in [0.3, 0.4) is 0 Å². The Bertz CT molecular complexity index is 1920. The number of unbranched alkanes of at least 4 members (excludes halogenated alkanes) is 3. The summed E-state index contributed by atoms with van der Waals surface area (Å²) in [4.78, 5) is 37.8. The van der Waals surface area contributed by atoms with Gasteiger partial charge in [-0.25, -0.2) is 9.78 Å². The molecule has 4 aromatic heterocycles. The standard InChI is InChI=1S/C31H30N6O4S/c1-3-4-5-8-15-35-19-25(33-34-35)29-27(31(39)41-36-16-14-32-20-36)37-26(38)18-23(28(40-2)30(37)42-29)17-22-12-9-11-21-10-6-7-13-24(21)22/h6-7,9-14,16,18-20H,3-5,8,15,17H2,1-2H3. The van der Waals surface area contributed by atoms with E-state index < -0.39 is 5.97 Å². The fraction of sp³-hybridized carbons (Fsp3) is 0.258. The predicted molar refractivity (Wildman–Crippen MR) is 161 cm³/mol. The third-order valence-electron chi connectivity index (χ3n) is 7.18. The van der Waals surface area contributed by atoms with Gasteiger partial charge in [0, 0.05) is 30.8 Å².